The van der Waals surface area contributed by atoms with Gasteiger partial charge in [-0.15, -0.1) is 0 Å². The van der Waals surface area contributed by atoms with E-state index in [4.69, 9.17) is 4.42 Å². The maximum Gasteiger partial charge on any atom is 0.200 e. The molecule has 0 aliphatic heterocycles. The zero-order chi connectivity index (χ0) is 15.0. The second-order valence-electron chi connectivity index (χ2n) is 4.92. The summed E-state index contributed by atoms with van der Waals surface area (Å²) in [7, 11) is 0. The molecular weight excluding hydrogens is 268 g/mol. The summed E-state index contributed by atoms with van der Waals surface area (Å²) in [6.45, 7) is 1.65. The minimum Gasteiger partial charge on any atom is -0.508 e. The maximum absolute atomic E-state index is 12.6. The Labute approximate surface area is 120 Å². The molecule has 3 rings (SSSR count). The highest BCUT2D eigenvalue weighted by Gasteiger charge is 2.14. The summed E-state index contributed by atoms with van der Waals surface area (Å²) in [5.74, 6) is 0.0442. The molecule has 0 aliphatic carbocycles. The molecule has 2 N–H and O–H groups in total. The fourth-order valence-electron chi connectivity index (χ4n) is 2.41. The molecule has 2 aromatic carbocycles. The lowest BCUT2D eigenvalue weighted by molar-refractivity contribution is 0.200. The van der Waals surface area contributed by atoms with Gasteiger partial charge in [-0.3, -0.25) is 4.79 Å². The molecule has 0 bridgehead atoms. The number of hydrogen-bond acceptors (Lipinski definition) is 4. The van der Waals surface area contributed by atoms with Gasteiger partial charge in [-0.1, -0.05) is 24.3 Å². The molecule has 0 fully saturated rings. The lowest BCUT2D eigenvalue weighted by Crippen LogP contribution is -2.07. The van der Waals surface area contributed by atoms with E-state index >= 15 is 0 Å². The third kappa shape index (κ3) is 2.30. The van der Waals surface area contributed by atoms with Crippen molar-refractivity contribution in [3.8, 4) is 16.9 Å². The summed E-state index contributed by atoms with van der Waals surface area (Å²) in [6, 6.07) is 11.6. The van der Waals surface area contributed by atoms with Gasteiger partial charge in [0.25, 0.3) is 0 Å². The summed E-state index contributed by atoms with van der Waals surface area (Å²) in [4.78, 5) is 12.6. The molecule has 0 spiro atoms. The van der Waals surface area contributed by atoms with E-state index in [-0.39, 0.29) is 11.2 Å². The van der Waals surface area contributed by atoms with Gasteiger partial charge in [0, 0.05) is 6.07 Å². The first-order valence-corrected chi connectivity index (χ1v) is 6.60. The monoisotopic (exact) mass is 282 g/mol. The van der Waals surface area contributed by atoms with Crippen molar-refractivity contribution in [2.45, 2.75) is 13.0 Å². The minimum absolute atomic E-state index is 0.0442. The van der Waals surface area contributed by atoms with E-state index in [1.165, 1.54) is 24.5 Å². The van der Waals surface area contributed by atoms with E-state index in [1.54, 1.807) is 19.1 Å². The van der Waals surface area contributed by atoms with Crippen LogP contribution in [0.5, 0.6) is 5.75 Å². The summed E-state index contributed by atoms with van der Waals surface area (Å²) in [5.41, 5.74) is 1.85. The minimum atomic E-state index is -0.684. The number of aromatic hydroxyl groups is 1. The second-order valence-corrected chi connectivity index (χ2v) is 4.92. The zero-order valence-corrected chi connectivity index (χ0v) is 11.4. The highest BCUT2D eigenvalue weighted by Crippen LogP contribution is 2.28. The van der Waals surface area contributed by atoms with Crippen LogP contribution in [-0.4, -0.2) is 10.2 Å². The molecule has 1 unspecified atom stereocenters. The van der Waals surface area contributed by atoms with Crippen molar-refractivity contribution < 1.29 is 14.6 Å². The molecule has 0 saturated carbocycles. The fraction of sp³-hybridized carbons (Fsp3) is 0.118. The molecular formula is C17H14O4. The molecule has 4 nitrogen and oxygen atoms in total. The van der Waals surface area contributed by atoms with Crippen LogP contribution in [0.4, 0.5) is 0 Å². The van der Waals surface area contributed by atoms with Crippen LogP contribution in [0.3, 0.4) is 0 Å². The summed E-state index contributed by atoms with van der Waals surface area (Å²) in [5, 5.41) is 19.7. The van der Waals surface area contributed by atoms with E-state index in [0.29, 0.717) is 27.7 Å². The van der Waals surface area contributed by atoms with Gasteiger partial charge in [0.2, 0.25) is 5.43 Å². The first kappa shape index (κ1) is 13.4. The summed E-state index contributed by atoms with van der Waals surface area (Å²) < 4.78 is 5.45. The van der Waals surface area contributed by atoms with Crippen molar-refractivity contribution in [1.82, 2.24) is 0 Å². The normalized spacial score (nSPS) is 12.5. The third-order valence-electron chi connectivity index (χ3n) is 3.46. The van der Waals surface area contributed by atoms with E-state index in [0.717, 1.165) is 0 Å². The van der Waals surface area contributed by atoms with Crippen LogP contribution in [0.25, 0.3) is 22.1 Å². The maximum atomic E-state index is 12.6. The Morgan fingerprint density at radius 2 is 1.86 bits per heavy atom. The van der Waals surface area contributed by atoms with Crippen LogP contribution in [0, 0.1) is 0 Å². The Bertz CT molecular complexity index is 862. The van der Waals surface area contributed by atoms with E-state index in [9.17, 15) is 15.0 Å². The first-order chi connectivity index (χ1) is 10.1. The van der Waals surface area contributed by atoms with E-state index in [1.807, 2.05) is 12.1 Å². The average molecular weight is 282 g/mol. The smallest absolute Gasteiger partial charge is 0.200 e. The molecule has 0 aliphatic rings. The number of hydrogen-bond donors (Lipinski definition) is 2. The Hall–Kier alpha value is -2.59. The van der Waals surface area contributed by atoms with E-state index < -0.39 is 6.10 Å². The second kappa shape index (κ2) is 5.07. The van der Waals surface area contributed by atoms with Crippen LogP contribution in [0.1, 0.15) is 18.6 Å². The molecule has 0 radical (unpaired) electrons. The van der Waals surface area contributed by atoms with Gasteiger partial charge in [-0.25, -0.2) is 0 Å². The molecule has 4 heteroatoms. The first-order valence-electron chi connectivity index (χ1n) is 6.60. The summed E-state index contributed by atoms with van der Waals surface area (Å²) >= 11 is 0. The van der Waals surface area contributed by atoms with E-state index in [2.05, 4.69) is 0 Å². The van der Waals surface area contributed by atoms with Crippen LogP contribution < -0.4 is 5.43 Å². The molecule has 1 aromatic heterocycles. The van der Waals surface area contributed by atoms with Gasteiger partial charge in [-0.2, -0.15) is 0 Å². The quantitative estimate of drug-likeness (QED) is 0.757. The topological polar surface area (TPSA) is 70.7 Å². The number of phenols is 1. The summed E-state index contributed by atoms with van der Waals surface area (Å²) in [6.07, 6.45) is 0.682. The number of phenolic OH excluding ortho intramolecular Hbond substituents is 1. The van der Waals surface area contributed by atoms with Gasteiger partial charge < -0.3 is 14.6 Å². The standard InChI is InChI=1S/C17H14O4/c1-10(18)12-4-2-3-5-13(12)15-9-21-16-8-11(19)6-7-14(16)17(15)20/h2-10,18-19H,1H3. The largest absolute Gasteiger partial charge is 0.508 e. The van der Waals surface area contributed by atoms with Gasteiger partial charge >= 0.3 is 0 Å². The highest BCUT2D eigenvalue weighted by molar-refractivity contribution is 5.83. The van der Waals surface area contributed by atoms with Crippen LogP contribution in [0.15, 0.2) is 57.9 Å². The highest BCUT2D eigenvalue weighted by atomic mass is 16.3. The third-order valence-corrected chi connectivity index (χ3v) is 3.46. The van der Waals surface area contributed by atoms with Crippen LogP contribution >= 0.6 is 0 Å². The average Bonchev–Trinajstić information content (AvgIpc) is 2.47. The van der Waals surface area contributed by atoms with Crippen LogP contribution in [0.2, 0.25) is 0 Å². The molecule has 0 amide bonds. The Kier molecular flexibility index (Phi) is 3.23. The van der Waals surface area contributed by atoms with Crippen molar-refractivity contribution in [3.05, 3.63) is 64.5 Å². The number of aliphatic hydroxyl groups is 1. The van der Waals surface area contributed by atoms with Gasteiger partial charge in [0.05, 0.1) is 17.1 Å². The fourth-order valence-corrected chi connectivity index (χ4v) is 2.41. The van der Waals surface area contributed by atoms with Crippen molar-refractivity contribution in [2.75, 3.05) is 0 Å². The lowest BCUT2D eigenvalue weighted by Gasteiger charge is -2.11. The van der Waals surface area contributed by atoms with Gasteiger partial charge in [0.1, 0.15) is 17.6 Å². The molecule has 0 saturated heterocycles. The molecule has 1 atom stereocenters. The SMILES string of the molecule is CC(O)c1ccccc1-c1coc2cc(O)ccc2c1=O. The van der Waals surface area contributed by atoms with Crippen molar-refractivity contribution >= 4 is 11.0 Å². The zero-order valence-electron chi connectivity index (χ0n) is 11.4. The Morgan fingerprint density at radius 1 is 1.10 bits per heavy atom. The Balaban J connectivity index is 2.30. The van der Waals surface area contributed by atoms with Gasteiger partial charge in [0.15, 0.2) is 0 Å². The van der Waals surface area contributed by atoms with Gasteiger partial charge in [-0.05, 0) is 30.2 Å². The number of rotatable bonds is 2. The number of benzene rings is 2. The number of fused-ring (bicyclic) bond motifs is 1. The molecule has 3 aromatic rings. The molecule has 21 heavy (non-hydrogen) atoms. The molecule has 1 heterocycles. The number of aliphatic hydroxyl groups excluding tert-OH is 1. The van der Waals surface area contributed by atoms with Crippen molar-refractivity contribution in [2.24, 2.45) is 0 Å². The van der Waals surface area contributed by atoms with Crippen molar-refractivity contribution in [1.29, 1.82) is 0 Å². The van der Waals surface area contributed by atoms with Crippen molar-refractivity contribution in [3.63, 3.8) is 0 Å². The van der Waals surface area contributed by atoms with Crippen LogP contribution in [-0.2, 0) is 0 Å². The Morgan fingerprint density at radius 3 is 2.62 bits per heavy atom. The predicted octanol–water partition coefficient (Wildman–Crippen LogP) is 3.22. The molecule has 106 valence electrons. The lowest BCUT2D eigenvalue weighted by atomic mass is 9.97. The predicted molar refractivity (Wildman–Crippen MR) is 80.2 cm³/mol.